The van der Waals surface area contributed by atoms with Crippen molar-refractivity contribution in [2.75, 3.05) is 13.2 Å². The van der Waals surface area contributed by atoms with E-state index in [0.717, 1.165) is 12.3 Å². The summed E-state index contributed by atoms with van der Waals surface area (Å²) in [5.41, 5.74) is 0. The van der Waals surface area contributed by atoms with Crippen molar-refractivity contribution in [2.45, 2.75) is 24.8 Å². The number of furan rings is 1. The first-order valence-electron chi connectivity index (χ1n) is 4.78. The number of hydrogen-bond donors (Lipinski definition) is 2. The van der Waals surface area contributed by atoms with Gasteiger partial charge < -0.3 is 14.8 Å². The highest BCUT2D eigenvalue weighted by molar-refractivity contribution is 5.06. The number of aliphatic hydroxyl groups excluding tert-OH is 1. The van der Waals surface area contributed by atoms with Gasteiger partial charge in [0.2, 0.25) is 0 Å². The zero-order valence-electron chi connectivity index (χ0n) is 7.57. The molecule has 0 aromatic carbocycles. The maximum atomic E-state index is 9.13. The van der Waals surface area contributed by atoms with Crippen molar-refractivity contribution >= 4 is 0 Å². The summed E-state index contributed by atoms with van der Waals surface area (Å²) in [6.07, 6.45) is 4.20. The summed E-state index contributed by atoms with van der Waals surface area (Å²) in [5, 5.41) is 12.5. The van der Waals surface area contributed by atoms with Crippen LogP contribution in [-0.2, 0) is 0 Å². The zero-order chi connectivity index (χ0) is 9.10. The van der Waals surface area contributed by atoms with Crippen LogP contribution in [0.3, 0.4) is 0 Å². The fraction of sp³-hybridized carbons (Fsp3) is 0.600. The molecule has 72 valence electrons. The van der Waals surface area contributed by atoms with E-state index < -0.39 is 0 Å². The number of nitrogens with one attached hydrogen (secondary N) is 1. The third-order valence-corrected chi connectivity index (χ3v) is 2.40. The summed E-state index contributed by atoms with van der Waals surface area (Å²) < 4.78 is 5.24. The maximum absolute atomic E-state index is 9.13. The van der Waals surface area contributed by atoms with Crippen molar-refractivity contribution in [1.29, 1.82) is 0 Å². The minimum absolute atomic E-state index is 0.107. The molecule has 0 bridgehead atoms. The van der Waals surface area contributed by atoms with Gasteiger partial charge in [0.1, 0.15) is 5.76 Å². The van der Waals surface area contributed by atoms with E-state index in [1.807, 2.05) is 12.1 Å². The number of rotatable bonds is 5. The maximum Gasteiger partial charge on any atom is 0.110 e. The van der Waals surface area contributed by atoms with Gasteiger partial charge in [0, 0.05) is 12.6 Å². The summed E-state index contributed by atoms with van der Waals surface area (Å²) in [6.45, 7) is 0.960. The molecule has 1 aliphatic rings. The summed E-state index contributed by atoms with van der Waals surface area (Å²) in [5.74, 6) is 0.978. The molecule has 0 aliphatic heterocycles. The predicted molar refractivity (Wildman–Crippen MR) is 49.6 cm³/mol. The van der Waals surface area contributed by atoms with Gasteiger partial charge in [0.15, 0.2) is 0 Å². The van der Waals surface area contributed by atoms with Gasteiger partial charge >= 0.3 is 0 Å². The fourth-order valence-electron chi connectivity index (χ4n) is 1.38. The summed E-state index contributed by atoms with van der Waals surface area (Å²) in [4.78, 5) is 0. The second-order valence-electron chi connectivity index (χ2n) is 3.58. The Bertz CT molecular complexity index is 241. The molecule has 1 saturated carbocycles. The van der Waals surface area contributed by atoms with Crippen LogP contribution in [0.5, 0.6) is 0 Å². The molecule has 0 saturated heterocycles. The first kappa shape index (κ1) is 8.78. The molecule has 1 atom stereocenters. The van der Waals surface area contributed by atoms with Crippen LogP contribution in [0.4, 0.5) is 0 Å². The normalized spacial score (nSPS) is 18.8. The Morgan fingerprint density at radius 1 is 1.62 bits per heavy atom. The Kier molecular flexibility index (Phi) is 2.66. The highest BCUT2D eigenvalue weighted by Gasteiger charge is 2.22. The van der Waals surface area contributed by atoms with Crippen LogP contribution in [0.25, 0.3) is 0 Å². The van der Waals surface area contributed by atoms with Gasteiger partial charge in [-0.2, -0.15) is 0 Å². The lowest BCUT2D eigenvalue weighted by molar-refractivity contribution is 0.245. The van der Waals surface area contributed by atoms with E-state index in [2.05, 4.69) is 5.32 Å². The van der Waals surface area contributed by atoms with E-state index in [-0.39, 0.29) is 12.5 Å². The minimum atomic E-state index is 0.107. The van der Waals surface area contributed by atoms with Gasteiger partial charge in [-0.15, -0.1) is 0 Å². The average molecular weight is 181 g/mol. The summed E-state index contributed by atoms with van der Waals surface area (Å²) in [7, 11) is 0. The topological polar surface area (TPSA) is 45.4 Å². The van der Waals surface area contributed by atoms with Crippen LogP contribution in [0.15, 0.2) is 22.8 Å². The molecule has 2 N–H and O–H groups in total. The van der Waals surface area contributed by atoms with Crippen molar-refractivity contribution in [3.05, 3.63) is 24.2 Å². The molecule has 1 aliphatic carbocycles. The molecule has 1 heterocycles. The number of aliphatic hydroxyl groups is 1. The molecule has 1 unspecified atom stereocenters. The largest absolute Gasteiger partial charge is 0.469 e. The molecule has 0 spiro atoms. The molecule has 3 heteroatoms. The molecule has 2 rings (SSSR count). The Labute approximate surface area is 77.8 Å². The van der Waals surface area contributed by atoms with Crippen LogP contribution in [0.2, 0.25) is 0 Å². The van der Waals surface area contributed by atoms with Crippen molar-refractivity contribution in [3.8, 4) is 0 Å². The Morgan fingerprint density at radius 2 is 2.46 bits per heavy atom. The molecule has 13 heavy (non-hydrogen) atoms. The van der Waals surface area contributed by atoms with E-state index in [9.17, 15) is 0 Å². The van der Waals surface area contributed by atoms with Gasteiger partial charge in [0.05, 0.1) is 18.8 Å². The van der Waals surface area contributed by atoms with E-state index in [0.29, 0.717) is 6.04 Å². The Hall–Kier alpha value is -0.800. The summed E-state index contributed by atoms with van der Waals surface area (Å²) in [6, 6.07) is 4.45. The minimum Gasteiger partial charge on any atom is -0.469 e. The quantitative estimate of drug-likeness (QED) is 0.715. The zero-order valence-corrected chi connectivity index (χ0v) is 7.57. The predicted octanol–water partition coefficient (Wildman–Crippen LogP) is 1.11. The van der Waals surface area contributed by atoms with E-state index in [1.165, 1.54) is 12.8 Å². The molecule has 1 fully saturated rings. The van der Waals surface area contributed by atoms with E-state index in [4.69, 9.17) is 9.52 Å². The van der Waals surface area contributed by atoms with Crippen LogP contribution in [0.1, 0.15) is 24.5 Å². The van der Waals surface area contributed by atoms with Gasteiger partial charge in [-0.25, -0.2) is 0 Å². The molecular weight excluding hydrogens is 166 g/mol. The molecular formula is C10H15NO2. The van der Waals surface area contributed by atoms with Gasteiger partial charge in [0.25, 0.3) is 0 Å². The van der Waals surface area contributed by atoms with Crippen molar-refractivity contribution in [1.82, 2.24) is 5.32 Å². The standard InChI is InChI=1S/C10H15NO2/c12-7-8(6-11-9-3-4-9)10-2-1-5-13-10/h1-2,5,8-9,11-12H,3-4,6-7H2. The molecule has 3 nitrogen and oxygen atoms in total. The average Bonchev–Trinajstić information content (AvgIpc) is 2.81. The van der Waals surface area contributed by atoms with E-state index >= 15 is 0 Å². The second kappa shape index (κ2) is 3.94. The monoisotopic (exact) mass is 181 g/mol. The van der Waals surface area contributed by atoms with Crippen molar-refractivity contribution in [3.63, 3.8) is 0 Å². The van der Waals surface area contributed by atoms with Gasteiger partial charge in [-0.3, -0.25) is 0 Å². The third-order valence-electron chi connectivity index (χ3n) is 2.40. The molecule has 1 aromatic heterocycles. The number of hydrogen-bond acceptors (Lipinski definition) is 3. The van der Waals surface area contributed by atoms with Crippen LogP contribution in [0, 0.1) is 0 Å². The van der Waals surface area contributed by atoms with Crippen molar-refractivity contribution in [2.24, 2.45) is 0 Å². The SMILES string of the molecule is OCC(CNC1CC1)c1ccco1. The first-order valence-corrected chi connectivity index (χ1v) is 4.78. The van der Waals surface area contributed by atoms with Crippen LogP contribution in [-0.4, -0.2) is 24.3 Å². The van der Waals surface area contributed by atoms with Crippen molar-refractivity contribution < 1.29 is 9.52 Å². The third kappa shape index (κ3) is 2.32. The molecule has 1 aromatic rings. The smallest absolute Gasteiger partial charge is 0.110 e. The van der Waals surface area contributed by atoms with Gasteiger partial charge in [-0.1, -0.05) is 0 Å². The lowest BCUT2D eigenvalue weighted by atomic mass is 10.1. The second-order valence-corrected chi connectivity index (χ2v) is 3.58. The summed E-state index contributed by atoms with van der Waals surface area (Å²) >= 11 is 0. The molecule has 0 radical (unpaired) electrons. The van der Waals surface area contributed by atoms with E-state index in [1.54, 1.807) is 6.26 Å². The highest BCUT2D eigenvalue weighted by Crippen LogP contribution is 2.21. The Morgan fingerprint density at radius 3 is 3.00 bits per heavy atom. The fourth-order valence-corrected chi connectivity index (χ4v) is 1.38. The molecule has 0 amide bonds. The first-order chi connectivity index (χ1) is 6.40. The van der Waals surface area contributed by atoms with Crippen LogP contribution >= 0.6 is 0 Å². The van der Waals surface area contributed by atoms with Gasteiger partial charge in [-0.05, 0) is 25.0 Å². The lowest BCUT2D eigenvalue weighted by Gasteiger charge is -2.11. The Balaban J connectivity index is 1.85. The highest BCUT2D eigenvalue weighted by atomic mass is 16.3. The lowest BCUT2D eigenvalue weighted by Crippen LogP contribution is -2.25. The van der Waals surface area contributed by atoms with Crippen LogP contribution < -0.4 is 5.32 Å².